The molecule has 2 aromatic carbocycles. The smallest absolute Gasteiger partial charge is 0.337 e. The summed E-state index contributed by atoms with van der Waals surface area (Å²) >= 11 is 0. The molecule has 0 aliphatic rings. The van der Waals surface area contributed by atoms with Crippen LogP contribution in [0.5, 0.6) is 0 Å². The highest BCUT2D eigenvalue weighted by Gasteiger charge is 2.13. The molecule has 0 unspecified atom stereocenters. The van der Waals surface area contributed by atoms with E-state index in [1.54, 1.807) is 24.3 Å². The fraction of sp³-hybridized carbons (Fsp3) is 0.167. The molecule has 0 bridgehead atoms. The predicted octanol–water partition coefficient (Wildman–Crippen LogP) is 2.73. The molecule has 0 spiro atoms. The van der Waals surface area contributed by atoms with E-state index in [1.165, 1.54) is 7.11 Å². The Morgan fingerprint density at radius 3 is 2.67 bits per heavy atom. The summed E-state index contributed by atoms with van der Waals surface area (Å²) < 4.78 is 10.0. The van der Waals surface area contributed by atoms with Crippen LogP contribution in [0.25, 0.3) is 22.8 Å². The minimum absolute atomic E-state index is 0.113. The molecule has 0 atom stereocenters. The zero-order valence-corrected chi connectivity index (χ0v) is 13.1. The van der Waals surface area contributed by atoms with Gasteiger partial charge >= 0.3 is 5.97 Å². The first-order valence-electron chi connectivity index (χ1n) is 7.44. The van der Waals surface area contributed by atoms with Crippen molar-refractivity contribution in [3.63, 3.8) is 0 Å². The van der Waals surface area contributed by atoms with Crippen LogP contribution in [0.1, 0.15) is 15.9 Å². The lowest BCUT2D eigenvalue weighted by atomic mass is 10.1. The van der Waals surface area contributed by atoms with Crippen molar-refractivity contribution < 1.29 is 19.2 Å². The molecule has 0 radical (unpaired) electrons. The third-order valence-corrected chi connectivity index (χ3v) is 3.57. The lowest BCUT2D eigenvalue weighted by molar-refractivity contribution is 0.0601. The molecule has 6 heteroatoms. The summed E-state index contributed by atoms with van der Waals surface area (Å²) in [4.78, 5) is 16.0. The number of ether oxygens (including phenoxy) is 1. The first-order chi connectivity index (χ1) is 11.7. The average Bonchev–Trinajstić information content (AvgIpc) is 3.12. The van der Waals surface area contributed by atoms with E-state index in [9.17, 15) is 4.79 Å². The Morgan fingerprint density at radius 1 is 1.17 bits per heavy atom. The van der Waals surface area contributed by atoms with Crippen molar-refractivity contribution in [3.8, 4) is 22.8 Å². The van der Waals surface area contributed by atoms with E-state index in [0.717, 1.165) is 11.1 Å². The van der Waals surface area contributed by atoms with Crippen molar-refractivity contribution in [3.05, 3.63) is 59.7 Å². The third kappa shape index (κ3) is 3.33. The van der Waals surface area contributed by atoms with Gasteiger partial charge in [-0.05, 0) is 30.2 Å². The molecule has 3 rings (SSSR count). The fourth-order valence-corrected chi connectivity index (χ4v) is 2.30. The Hall–Kier alpha value is -2.99. The van der Waals surface area contributed by atoms with Gasteiger partial charge in [0.15, 0.2) is 0 Å². The Morgan fingerprint density at radius 2 is 1.96 bits per heavy atom. The van der Waals surface area contributed by atoms with Crippen LogP contribution in [-0.4, -0.2) is 34.9 Å². The molecule has 0 saturated heterocycles. The van der Waals surface area contributed by atoms with Crippen molar-refractivity contribution in [2.45, 2.75) is 6.42 Å². The largest absolute Gasteiger partial charge is 0.465 e. The van der Waals surface area contributed by atoms with E-state index in [2.05, 4.69) is 10.1 Å². The second kappa shape index (κ2) is 7.06. The van der Waals surface area contributed by atoms with Crippen molar-refractivity contribution >= 4 is 5.97 Å². The van der Waals surface area contributed by atoms with Crippen LogP contribution >= 0.6 is 0 Å². The van der Waals surface area contributed by atoms with Gasteiger partial charge < -0.3 is 14.4 Å². The number of aliphatic hydroxyl groups is 1. The van der Waals surface area contributed by atoms with Crippen molar-refractivity contribution in [2.75, 3.05) is 13.7 Å². The van der Waals surface area contributed by atoms with Gasteiger partial charge in [-0.1, -0.05) is 35.5 Å². The Balaban J connectivity index is 1.86. The quantitative estimate of drug-likeness (QED) is 0.726. The molecular formula is C18H16N2O4. The van der Waals surface area contributed by atoms with Gasteiger partial charge in [0.2, 0.25) is 5.82 Å². The fourth-order valence-electron chi connectivity index (χ4n) is 2.30. The van der Waals surface area contributed by atoms with Crippen LogP contribution in [-0.2, 0) is 11.2 Å². The molecule has 3 aromatic rings. The summed E-state index contributed by atoms with van der Waals surface area (Å²) in [5, 5.41) is 12.9. The second-order valence-electron chi connectivity index (χ2n) is 5.17. The molecule has 1 aromatic heterocycles. The van der Waals surface area contributed by atoms with Gasteiger partial charge in [-0.25, -0.2) is 4.79 Å². The van der Waals surface area contributed by atoms with Crippen LogP contribution < -0.4 is 0 Å². The maximum Gasteiger partial charge on any atom is 0.337 e. The van der Waals surface area contributed by atoms with Crippen molar-refractivity contribution in [1.29, 1.82) is 0 Å². The monoisotopic (exact) mass is 324 g/mol. The third-order valence-electron chi connectivity index (χ3n) is 3.57. The Kier molecular flexibility index (Phi) is 4.67. The molecule has 0 aliphatic heterocycles. The minimum atomic E-state index is -0.420. The van der Waals surface area contributed by atoms with E-state index in [0.29, 0.717) is 29.3 Å². The van der Waals surface area contributed by atoms with Gasteiger partial charge in [0.1, 0.15) is 0 Å². The van der Waals surface area contributed by atoms with Gasteiger partial charge in [0, 0.05) is 17.7 Å². The number of rotatable bonds is 5. The lowest BCUT2D eigenvalue weighted by Crippen LogP contribution is -2.00. The molecule has 24 heavy (non-hydrogen) atoms. The molecule has 0 saturated carbocycles. The van der Waals surface area contributed by atoms with Crippen LogP contribution in [0.15, 0.2) is 53.1 Å². The van der Waals surface area contributed by atoms with Gasteiger partial charge in [-0.15, -0.1) is 0 Å². The number of nitrogens with zero attached hydrogens (tertiary/aromatic N) is 2. The van der Waals surface area contributed by atoms with Crippen molar-refractivity contribution in [2.24, 2.45) is 0 Å². The summed E-state index contributed by atoms with van der Waals surface area (Å²) in [5.74, 6) is 0.371. The number of carbonyl (C=O) groups is 1. The van der Waals surface area contributed by atoms with E-state index in [-0.39, 0.29) is 6.61 Å². The average molecular weight is 324 g/mol. The number of benzene rings is 2. The lowest BCUT2D eigenvalue weighted by Gasteiger charge is -2.00. The number of methoxy groups -OCH3 is 1. The highest BCUT2D eigenvalue weighted by atomic mass is 16.5. The van der Waals surface area contributed by atoms with Crippen LogP contribution in [0.2, 0.25) is 0 Å². The van der Waals surface area contributed by atoms with Gasteiger partial charge in [-0.2, -0.15) is 4.98 Å². The predicted molar refractivity (Wildman–Crippen MR) is 87.3 cm³/mol. The molecule has 6 nitrogen and oxygen atoms in total. The number of aliphatic hydroxyl groups excluding tert-OH is 1. The van der Waals surface area contributed by atoms with Gasteiger partial charge in [0.05, 0.1) is 12.7 Å². The molecule has 0 amide bonds. The zero-order valence-electron chi connectivity index (χ0n) is 13.1. The maximum atomic E-state index is 11.6. The molecule has 122 valence electrons. The summed E-state index contributed by atoms with van der Waals surface area (Å²) in [5.41, 5.74) is 2.92. The number of esters is 1. The minimum Gasteiger partial charge on any atom is -0.465 e. The summed E-state index contributed by atoms with van der Waals surface area (Å²) in [6.07, 6.45) is 0.609. The van der Waals surface area contributed by atoms with E-state index in [4.69, 9.17) is 14.4 Å². The maximum absolute atomic E-state index is 11.6. The summed E-state index contributed by atoms with van der Waals surface area (Å²) in [6, 6.07) is 14.4. The molecule has 1 N–H and O–H groups in total. The highest BCUT2D eigenvalue weighted by molar-refractivity contribution is 5.90. The molecule has 0 aliphatic carbocycles. The number of hydrogen-bond donors (Lipinski definition) is 1. The van der Waals surface area contributed by atoms with Gasteiger partial charge in [-0.3, -0.25) is 0 Å². The van der Waals surface area contributed by atoms with E-state index >= 15 is 0 Å². The SMILES string of the molecule is COC(=O)c1cccc(-c2nc(-c3ccc(CCO)cc3)no2)c1. The normalized spacial score (nSPS) is 10.6. The first kappa shape index (κ1) is 15.9. The summed E-state index contributed by atoms with van der Waals surface area (Å²) in [6.45, 7) is 0.113. The standard InChI is InChI=1S/C18H16N2O4/c1-23-18(22)15-4-2-3-14(11-15)17-19-16(20-24-17)13-7-5-12(6-8-13)9-10-21/h2-8,11,21H,9-10H2,1H3. The van der Waals surface area contributed by atoms with Crippen LogP contribution in [0, 0.1) is 0 Å². The Bertz CT molecular complexity index is 840. The molecule has 1 heterocycles. The van der Waals surface area contributed by atoms with Crippen LogP contribution in [0.4, 0.5) is 0 Å². The van der Waals surface area contributed by atoms with Crippen molar-refractivity contribution in [1.82, 2.24) is 10.1 Å². The second-order valence-corrected chi connectivity index (χ2v) is 5.17. The number of carbonyl (C=O) groups excluding carboxylic acids is 1. The Labute approximate surface area is 138 Å². The van der Waals surface area contributed by atoms with E-state index in [1.807, 2.05) is 24.3 Å². The van der Waals surface area contributed by atoms with E-state index < -0.39 is 5.97 Å². The number of hydrogen-bond acceptors (Lipinski definition) is 6. The highest BCUT2D eigenvalue weighted by Crippen LogP contribution is 2.23. The number of aromatic nitrogens is 2. The van der Waals surface area contributed by atoms with Crippen LogP contribution in [0.3, 0.4) is 0 Å². The topological polar surface area (TPSA) is 85.5 Å². The van der Waals surface area contributed by atoms with Gasteiger partial charge in [0.25, 0.3) is 5.89 Å². The molecular weight excluding hydrogens is 308 g/mol. The first-order valence-corrected chi connectivity index (χ1v) is 7.44. The zero-order chi connectivity index (χ0) is 16.9. The summed E-state index contributed by atoms with van der Waals surface area (Å²) in [7, 11) is 1.33. The molecule has 0 fully saturated rings.